The standard InChI is InChI=1S/C19H21NO4/c1-3-4-5-6-7-11-14-19(17(21)23-2)18(22)24-16(20-19)15-12-9-8-10-13-15/h8-10,12-13H,3-6,14H2,1-2H3. The first-order chi connectivity index (χ1) is 11.6. The fourth-order valence-corrected chi connectivity index (χ4v) is 2.34. The number of nitrogens with zero attached hydrogens (tertiary/aromatic N) is 1. The average molecular weight is 327 g/mol. The molecule has 0 saturated carbocycles. The number of unbranched alkanes of at least 4 members (excludes halogenated alkanes) is 3. The van der Waals surface area contributed by atoms with Crippen LogP contribution in [0.1, 0.15) is 44.6 Å². The molecule has 0 N–H and O–H groups in total. The second-order valence-corrected chi connectivity index (χ2v) is 5.51. The Kier molecular flexibility index (Phi) is 6.14. The van der Waals surface area contributed by atoms with Gasteiger partial charge in [0.15, 0.2) is 0 Å². The first-order valence-electron chi connectivity index (χ1n) is 8.05. The minimum atomic E-state index is -1.72. The fraction of sp³-hybridized carbons (Fsp3) is 0.421. The number of rotatable bonds is 6. The maximum atomic E-state index is 12.3. The van der Waals surface area contributed by atoms with E-state index in [-0.39, 0.29) is 12.3 Å². The zero-order valence-electron chi connectivity index (χ0n) is 14.0. The van der Waals surface area contributed by atoms with E-state index in [4.69, 9.17) is 9.47 Å². The van der Waals surface area contributed by atoms with E-state index in [9.17, 15) is 9.59 Å². The van der Waals surface area contributed by atoms with Crippen LogP contribution in [0.3, 0.4) is 0 Å². The molecule has 126 valence electrons. The first kappa shape index (κ1) is 17.7. The van der Waals surface area contributed by atoms with E-state index in [1.165, 1.54) is 7.11 Å². The molecule has 1 aromatic carbocycles. The molecule has 1 heterocycles. The third-order valence-corrected chi connectivity index (χ3v) is 3.74. The summed E-state index contributed by atoms with van der Waals surface area (Å²) in [4.78, 5) is 28.8. The molecule has 1 atom stereocenters. The van der Waals surface area contributed by atoms with Crippen LogP contribution in [0.5, 0.6) is 0 Å². The van der Waals surface area contributed by atoms with Crippen LogP contribution in [0, 0.1) is 11.8 Å². The minimum absolute atomic E-state index is 0.0407. The maximum absolute atomic E-state index is 12.3. The van der Waals surface area contributed by atoms with Gasteiger partial charge in [0.05, 0.1) is 13.5 Å². The van der Waals surface area contributed by atoms with E-state index >= 15 is 0 Å². The predicted molar refractivity (Wildman–Crippen MR) is 90.4 cm³/mol. The topological polar surface area (TPSA) is 65.0 Å². The smallest absolute Gasteiger partial charge is 0.353 e. The van der Waals surface area contributed by atoms with Crippen LogP contribution >= 0.6 is 0 Å². The van der Waals surface area contributed by atoms with Gasteiger partial charge >= 0.3 is 11.9 Å². The second kappa shape index (κ2) is 8.30. The van der Waals surface area contributed by atoms with Gasteiger partial charge in [-0.25, -0.2) is 14.6 Å². The number of carbonyl (C=O) groups excluding carboxylic acids is 2. The predicted octanol–water partition coefficient (Wildman–Crippen LogP) is 2.88. The monoisotopic (exact) mass is 327 g/mol. The molecule has 24 heavy (non-hydrogen) atoms. The summed E-state index contributed by atoms with van der Waals surface area (Å²) >= 11 is 0. The molecule has 0 radical (unpaired) electrons. The molecule has 5 nitrogen and oxygen atoms in total. The summed E-state index contributed by atoms with van der Waals surface area (Å²) in [5.41, 5.74) is -1.09. The molecule has 0 aromatic heterocycles. The number of hydrogen-bond donors (Lipinski definition) is 0. The van der Waals surface area contributed by atoms with Gasteiger partial charge < -0.3 is 9.47 Å². The highest BCUT2D eigenvalue weighted by Crippen LogP contribution is 2.28. The lowest BCUT2D eigenvalue weighted by Gasteiger charge is -2.15. The van der Waals surface area contributed by atoms with Crippen molar-refractivity contribution >= 4 is 17.8 Å². The lowest BCUT2D eigenvalue weighted by Crippen LogP contribution is -2.43. The van der Waals surface area contributed by atoms with Crippen molar-refractivity contribution in [3.63, 3.8) is 0 Å². The normalized spacial score (nSPS) is 19.1. The van der Waals surface area contributed by atoms with Crippen LogP contribution < -0.4 is 0 Å². The summed E-state index contributed by atoms with van der Waals surface area (Å²) in [6, 6.07) is 8.97. The second-order valence-electron chi connectivity index (χ2n) is 5.51. The van der Waals surface area contributed by atoms with Crippen LogP contribution in [0.4, 0.5) is 0 Å². The Hall–Kier alpha value is -2.61. The van der Waals surface area contributed by atoms with Gasteiger partial charge in [0.25, 0.3) is 5.54 Å². The average Bonchev–Trinajstić information content (AvgIpc) is 2.96. The summed E-state index contributed by atoms with van der Waals surface area (Å²) in [6.07, 6.45) is 3.91. The highest BCUT2D eigenvalue weighted by Gasteiger charge is 2.53. The number of carbonyl (C=O) groups is 2. The highest BCUT2D eigenvalue weighted by molar-refractivity contribution is 6.17. The van der Waals surface area contributed by atoms with Gasteiger partial charge in [0.2, 0.25) is 5.90 Å². The van der Waals surface area contributed by atoms with Crippen molar-refractivity contribution in [3.8, 4) is 11.8 Å². The van der Waals surface area contributed by atoms with E-state index in [0.717, 1.165) is 25.7 Å². The first-order valence-corrected chi connectivity index (χ1v) is 8.05. The number of ether oxygens (including phenoxy) is 2. The van der Waals surface area contributed by atoms with E-state index in [1.54, 1.807) is 24.3 Å². The maximum Gasteiger partial charge on any atom is 0.353 e. The lowest BCUT2D eigenvalue weighted by atomic mass is 9.97. The van der Waals surface area contributed by atoms with Crippen LogP contribution in [-0.4, -0.2) is 30.5 Å². The van der Waals surface area contributed by atoms with Gasteiger partial charge in [-0.1, -0.05) is 43.9 Å². The third-order valence-electron chi connectivity index (χ3n) is 3.74. The molecule has 0 bridgehead atoms. The number of cyclic esters (lactones) is 1. The zero-order chi connectivity index (χ0) is 17.4. The van der Waals surface area contributed by atoms with Crippen molar-refractivity contribution in [3.05, 3.63) is 35.9 Å². The van der Waals surface area contributed by atoms with Crippen molar-refractivity contribution < 1.29 is 19.1 Å². The van der Waals surface area contributed by atoms with Gasteiger partial charge in [0, 0.05) is 12.0 Å². The molecule has 2 rings (SSSR count). The van der Waals surface area contributed by atoms with Crippen LogP contribution in [0.2, 0.25) is 0 Å². The van der Waals surface area contributed by atoms with Crippen LogP contribution in [0.25, 0.3) is 0 Å². The molecule has 0 spiro atoms. The molecule has 1 aromatic rings. The quantitative estimate of drug-likeness (QED) is 0.349. The SMILES string of the molecule is CCCCCC#CCC1(C(=O)OC)N=C(c2ccccc2)OC1=O. The van der Waals surface area contributed by atoms with Gasteiger partial charge in [-0.15, -0.1) is 5.92 Å². The Morgan fingerprint density at radius 1 is 1.25 bits per heavy atom. The van der Waals surface area contributed by atoms with Gasteiger partial charge in [-0.05, 0) is 18.6 Å². The van der Waals surface area contributed by atoms with Crippen LogP contribution in [0.15, 0.2) is 35.3 Å². The van der Waals surface area contributed by atoms with Crippen molar-refractivity contribution in [1.82, 2.24) is 0 Å². The van der Waals surface area contributed by atoms with E-state index < -0.39 is 17.5 Å². The molecule has 5 heteroatoms. The van der Waals surface area contributed by atoms with Gasteiger partial charge in [-0.2, -0.15) is 0 Å². The Morgan fingerprint density at radius 2 is 2.00 bits per heavy atom. The molecule has 0 fully saturated rings. The Bertz CT molecular complexity index is 684. The summed E-state index contributed by atoms with van der Waals surface area (Å²) in [5.74, 6) is 4.51. The molecule has 0 amide bonds. The molecular formula is C19H21NO4. The summed E-state index contributed by atoms with van der Waals surface area (Å²) in [5, 5.41) is 0. The molecule has 0 aliphatic carbocycles. The molecule has 1 aliphatic heterocycles. The third kappa shape index (κ3) is 3.83. The molecule has 1 unspecified atom stereocenters. The Morgan fingerprint density at radius 3 is 2.67 bits per heavy atom. The number of esters is 2. The van der Waals surface area contributed by atoms with E-state index in [2.05, 4.69) is 23.8 Å². The Labute approximate surface area is 142 Å². The number of benzene rings is 1. The lowest BCUT2D eigenvalue weighted by molar-refractivity contribution is -0.155. The minimum Gasteiger partial charge on any atom is -0.467 e. The van der Waals surface area contributed by atoms with Crippen molar-refractivity contribution in [2.45, 2.75) is 44.6 Å². The van der Waals surface area contributed by atoms with Gasteiger partial charge in [0.1, 0.15) is 0 Å². The fourth-order valence-electron chi connectivity index (χ4n) is 2.34. The zero-order valence-corrected chi connectivity index (χ0v) is 14.0. The largest absolute Gasteiger partial charge is 0.467 e. The highest BCUT2D eigenvalue weighted by atomic mass is 16.6. The molecule has 0 saturated heterocycles. The Balaban J connectivity index is 2.22. The summed E-state index contributed by atoms with van der Waals surface area (Å²) in [6.45, 7) is 2.12. The number of hydrogen-bond acceptors (Lipinski definition) is 5. The van der Waals surface area contributed by atoms with E-state index in [0.29, 0.717) is 5.56 Å². The number of aliphatic imine (C=N–C) groups is 1. The summed E-state index contributed by atoms with van der Waals surface area (Å²) in [7, 11) is 1.22. The number of methoxy groups -OCH3 is 1. The molecule has 1 aliphatic rings. The van der Waals surface area contributed by atoms with Crippen molar-refractivity contribution in [2.24, 2.45) is 4.99 Å². The van der Waals surface area contributed by atoms with E-state index in [1.807, 2.05) is 6.07 Å². The van der Waals surface area contributed by atoms with Crippen molar-refractivity contribution in [2.75, 3.05) is 7.11 Å². The van der Waals surface area contributed by atoms with Crippen molar-refractivity contribution in [1.29, 1.82) is 0 Å². The summed E-state index contributed by atoms with van der Waals surface area (Å²) < 4.78 is 10.00. The van der Waals surface area contributed by atoms with Crippen LogP contribution in [-0.2, 0) is 19.1 Å². The molecular weight excluding hydrogens is 306 g/mol. The van der Waals surface area contributed by atoms with Gasteiger partial charge in [-0.3, -0.25) is 0 Å².